The average Bonchev–Trinajstić information content (AvgIpc) is 2.17. The number of rotatable bonds is 3. The first-order valence-corrected chi connectivity index (χ1v) is 3.91. The summed E-state index contributed by atoms with van der Waals surface area (Å²) in [7, 11) is 0. The summed E-state index contributed by atoms with van der Waals surface area (Å²) in [6.07, 6.45) is 1.39. The summed E-state index contributed by atoms with van der Waals surface area (Å²) >= 11 is 0. The van der Waals surface area contributed by atoms with E-state index in [0.717, 1.165) is 0 Å². The molecule has 0 fully saturated rings. The predicted octanol–water partition coefficient (Wildman–Crippen LogP) is -0.469. The molecular formula is C7H11N5O2. The van der Waals surface area contributed by atoms with Gasteiger partial charge in [-0.1, -0.05) is 0 Å². The molecule has 6 N–H and O–H groups in total. The molecule has 0 radical (unpaired) electrons. The Morgan fingerprint density at radius 3 is 2.79 bits per heavy atom. The number of nitrogen functional groups attached to an aromatic ring is 1. The monoisotopic (exact) mass is 197 g/mol. The van der Waals surface area contributed by atoms with Gasteiger partial charge in [0, 0.05) is 24.8 Å². The lowest BCUT2D eigenvalue weighted by molar-refractivity contribution is -0.384. The summed E-state index contributed by atoms with van der Waals surface area (Å²) < 4.78 is 0. The molecule has 1 atom stereocenters. The number of nitrogens with zero attached hydrogens (tertiary/aromatic N) is 2. The lowest BCUT2D eigenvalue weighted by Gasteiger charge is -2.08. The van der Waals surface area contributed by atoms with Crippen molar-refractivity contribution in [3.8, 4) is 0 Å². The fourth-order valence-corrected chi connectivity index (χ4v) is 0.964. The molecule has 0 saturated carbocycles. The lowest BCUT2D eigenvalue weighted by Crippen LogP contribution is -2.21. The highest BCUT2D eigenvalue weighted by Crippen LogP contribution is 2.21. The summed E-state index contributed by atoms with van der Waals surface area (Å²) in [4.78, 5) is 13.6. The molecule has 7 heteroatoms. The van der Waals surface area contributed by atoms with E-state index >= 15 is 0 Å². The standard InChI is InChI=1S/C7H11N5O2/c8-2-5(9)4-1-6(12(13)14)7(10)11-3-4/h1,3,5H,2,8-9H2,(H2,10,11). The molecule has 0 aliphatic carbocycles. The van der Waals surface area contributed by atoms with Crippen molar-refractivity contribution in [2.45, 2.75) is 6.04 Å². The first kappa shape index (κ1) is 10.4. The van der Waals surface area contributed by atoms with E-state index in [0.29, 0.717) is 5.56 Å². The maximum atomic E-state index is 10.5. The largest absolute Gasteiger partial charge is 0.378 e. The van der Waals surface area contributed by atoms with Gasteiger partial charge in [-0.05, 0) is 5.56 Å². The lowest BCUT2D eigenvalue weighted by atomic mass is 10.1. The van der Waals surface area contributed by atoms with E-state index in [9.17, 15) is 10.1 Å². The van der Waals surface area contributed by atoms with E-state index in [4.69, 9.17) is 17.2 Å². The van der Waals surface area contributed by atoms with Crippen LogP contribution in [0.5, 0.6) is 0 Å². The van der Waals surface area contributed by atoms with Crippen LogP contribution in [0, 0.1) is 10.1 Å². The number of pyridine rings is 1. The maximum Gasteiger partial charge on any atom is 0.311 e. The molecule has 76 valence electrons. The topological polar surface area (TPSA) is 134 Å². The first-order chi connectivity index (χ1) is 6.56. The van der Waals surface area contributed by atoms with Gasteiger partial charge in [-0.15, -0.1) is 0 Å². The van der Waals surface area contributed by atoms with Crippen LogP contribution in [-0.2, 0) is 0 Å². The third-order valence-electron chi connectivity index (χ3n) is 1.80. The van der Waals surface area contributed by atoms with Gasteiger partial charge >= 0.3 is 5.69 Å². The second-order valence-electron chi connectivity index (χ2n) is 2.77. The number of nitrogens with two attached hydrogens (primary N) is 3. The van der Waals surface area contributed by atoms with Crippen LogP contribution < -0.4 is 17.2 Å². The highest BCUT2D eigenvalue weighted by molar-refractivity contribution is 5.53. The van der Waals surface area contributed by atoms with Crippen LogP contribution in [0.4, 0.5) is 11.5 Å². The third-order valence-corrected chi connectivity index (χ3v) is 1.80. The van der Waals surface area contributed by atoms with Crippen molar-refractivity contribution in [3.05, 3.63) is 27.9 Å². The number of hydrogen-bond donors (Lipinski definition) is 3. The van der Waals surface area contributed by atoms with Crippen molar-refractivity contribution in [2.24, 2.45) is 11.5 Å². The molecule has 1 aromatic rings. The minimum absolute atomic E-state index is 0.122. The Morgan fingerprint density at radius 1 is 1.64 bits per heavy atom. The SMILES string of the molecule is NCC(N)c1cnc(N)c([N+](=O)[O-])c1. The quantitative estimate of drug-likeness (QED) is 0.443. The van der Waals surface area contributed by atoms with Crippen LogP contribution in [0.3, 0.4) is 0 Å². The van der Waals surface area contributed by atoms with E-state index < -0.39 is 11.0 Å². The summed E-state index contributed by atoms with van der Waals surface area (Å²) in [5.74, 6) is -0.122. The zero-order valence-electron chi connectivity index (χ0n) is 7.38. The van der Waals surface area contributed by atoms with Gasteiger partial charge in [0.1, 0.15) is 0 Å². The summed E-state index contributed by atoms with van der Waals surface area (Å²) in [5, 5.41) is 10.5. The number of aromatic nitrogens is 1. The minimum atomic E-state index is -0.602. The van der Waals surface area contributed by atoms with Gasteiger partial charge in [0.25, 0.3) is 0 Å². The van der Waals surface area contributed by atoms with Crippen molar-refractivity contribution in [3.63, 3.8) is 0 Å². The number of hydrogen-bond acceptors (Lipinski definition) is 6. The summed E-state index contributed by atoms with van der Waals surface area (Å²) in [5.41, 5.74) is 16.5. The van der Waals surface area contributed by atoms with E-state index in [1.807, 2.05) is 0 Å². The molecular weight excluding hydrogens is 186 g/mol. The van der Waals surface area contributed by atoms with Crippen molar-refractivity contribution in [1.82, 2.24) is 4.98 Å². The first-order valence-electron chi connectivity index (χ1n) is 3.91. The van der Waals surface area contributed by atoms with Crippen LogP contribution in [0.2, 0.25) is 0 Å². The molecule has 1 heterocycles. The Balaban J connectivity index is 3.12. The molecule has 0 aromatic carbocycles. The number of nitro groups is 1. The summed E-state index contributed by atoms with van der Waals surface area (Å²) in [6, 6.07) is 0.835. The zero-order valence-corrected chi connectivity index (χ0v) is 7.38. The molecule has 0 aliphatic rings. The normalized spacial score (nSPS) is 12.4. The fraction of sp³-hybridized carbons (Fsp3) is 0.286. The van der Waals surface area contributed by atoms with E-state index in [1.165, 1.54) is 12.3 Å². The molecule has 1 unspecified atom stereocenters. The van der Waals surface area contributed by atoms with Gasteiger partial charge in [-0.2, -0.15) is 0 Å². The van der Waals surface area contributed by atoms with E-state index in [1.54, 1.807) is 0 Å². The van der Waals surface area contributed by atoms with Gasteiger partial charge in [0.2, 0.25) is 5.82 Å². The highest BCUT2D eigenvalue weighted by atomic mass is 16.6. The molecule has 0 amide bonds. The average molecular weight is 197 g/mol. The molecule has 0 saturated heterocycles. The maximum absolute atomic E-state index is 10.5. The third kappa shape index (κ3) is 1.95. The van der Waals surface area contributed by atoms with Gasteiger partial charge < -0.3 is 17.2 Å². The Bertz CT molecular complexity index is 354. The van der Waals surface area contributed by atoms with Gasteiger partial charge in [-0.3, -0.25) is 10.1 Å². The van der Waals surface area contributed by atoms with Crippen LogP contribution in [0.15, 0.2) is 12.3 Å². The van der Waals surface area contributed by atoms with Crippen molar-refractivity contribution in [1.29, 1.82) is 0 Å². The predicted molar refractivity (Wildman–Crippen MR) is 51.3 cm³/mol. The number of anilines is 1. The van der Waals surface area contributed by atoms with Gasteiger partial charge in [-0.25, -0.2) is 4.98 Å². The van der Waals surface area contributed by atoms with Crippen molar-refractivity contribution in [2.75, 3.05) is 12.3 Å². The molecule has 1 rings (SSSR count). The zero-order chi connectivity index (χ0) is 10.7. The smallest absolute Gasteiger partial charge is 0.311 e. The Labute approximate surface area is 80.1 Å². The molecule has 0 aliphatic heterocycles. The fourth-order valence-electron chi connectivity index (χ4n) is 0.964. The van der Waals surface area contributed by atoms with Gasteiger partial charge in [0.15, 0.2) is 0 Å². The van der Waals surface area contributed by atoms with Crippen LogP contribution in [-0.4, -0.2) is 16.5 Å². The van der Waals surface area contributed by atoms with E-state index in [2.05, 4.69) is 4.98 Å². The molecule has 7 nitrogen and oxygen atoms in total. The van der Waals surface area contributed by atoms with Crippen LogP contribution >= 0.6 is 0 Å². The van der Waals surface area contributed by atoms with Crippen molar-refractivity contribution < 1.29 is 4.92 Å². The van der Waals surface area contributed by atoms with E-state index in [-0.39, 0.29) is 18.1 Å². The van der Waals surface area contributed by atoms with Crippen molar-refractivity contribution >= 4 is 11.5 Å². The molecule has 1 aromatic heterocycles. The molecule has 14 heavy (non-hydrogen) atoms. The summed E-state index contributed by atoms with van der Waals surface area (Å²) in [6.45, 7) is 0.197. The highest BCUT2D eigenvalue weighted by Gasteiger charge is 2.15. The van der Waals surface area contributed by atoms with Crippen LogP contribution in [0.25, 0.3) is 0 Å². The van der Waals surface area contributed by atoms with Crippen LogP contribution in [0.1, 0.15) is 11.6 Å². The van der Waals surface area contributed by atoms with Gasteiger partial charge in [0.05, 0.1) is 4.92 Å². The Morgan fingerprint density at radius 2 is 2.29 bits per heavy atom. The second-order valence-corrected chi connectivity index (χ2v) is 2.77. The molecule has 0 bridgehead atoms. The Kier molecular flexibility index (Phi) is 2.95. The Hall–Kier alpha value is -1.73. The minimum Gasteiger partial charge on any atom is -0.378 e. The second kappa shape index (κ2) is 3.99. The molecule has 0 spiro atoms.